The Balaban J connectivity index is 1.95. The molecule has 3 aromatic rings. The fourth-order valence-corrected chi connectivity index (χ4v) is 5.02. The number of ketones is 1. The number of nitrogens with zero attached hydrogens (tertiary/aromatic N) is 2. The first-order valence-electron chi connectivity index (χ1n) is 8.30. The molecule has 0 aliphatic rings. The van der Waals surface area contributed by atoms with Crippen LogP contribution in [0.4, 0.5) is 0 Å². The van der Waals surface area contributed by atoms with Gasteiger partial charge in [0.15, 0.2) is 5.78 Å². The molecule has 0 radical (unpaired) electrons. The Morgan fingerprint density at radius 2 is 1.80 bits per heavy atom. The standard InChI is InChI=1S/C20H22N2OS2/c1-10-7-8-16(9-11(10)2)18(23)14(5)25-20-17-12(3)13(4)24-19(17)21-15(6)22-20/h7-9,14H,1-6H3/t14-/m0/s1. The van der Waals surface area contributed by atoms with Crippen molar-refractivity contribution in [3.63, 3.8) is 0 Å². The average molecular weight is 371 g/mol. The van der Waals surface area contributed by atoms with Gasteiger partial charge >= 0.3 is 0 Å². The number of rotatable bonds is 4. The second-order valence-electron chi connectivity index (χ2n) is 6.46. The van der Waals surface area contributed by atoms with E-state index in [2.05, 4.69) is 30.7 Å². The van der Waals surface area contributed by atoms with E-state index in [4.69, 9.17) is 0 Å². The Labute approximate surface area is 156 Å². The van der Waals surface area contributed by atoms with Gasteiger partial charge in [0, 0.05) is 15.8 Å². The number of fused-ring (bicyclic) bond motifs is 1. The van der Waals surface area contributed by atoms with Crippen LogP contribution >= 0.6 is 23.1 Å². The number of thiophene rings is 1. The summed E-state index contributed by atoms with van der Waals surface area (Å²) in [6.07, 6.45) is 0. The number of thioether (sulfide) groups is 1. The number of hydrogen-bond donors (Lipinski definition) is 0. The highest BCUT2D eigenvalue weighted by Gasteiger charge is 2.21. The molecule has 5 heteroatoms. The van der Waals surface area contributed by atoms with Gasteiger partial charge in [0.2, 0.25) is 0 Å². The number of aromatic nitrogens is 2. The van der Waals surface area contributed by atoms with E-state index in [1.165, 1.54) is 27.8 Å². The Morgan fingerprint density at radius 1 is 1.08 bits per heavy atom. The van der Waals surface area contributed by atoms with Crippen LogP contribution in [-0.4, -0.2) is 21.0 Å². The van der Waals surface area contributed by atoms with Crippen molar-refractivity contribution in [2.24, 2.45) is 0 Å². The van der Waals surface area contributed by atoms with Crippen LogP contribution < -0.4 is 0 Å². The Kier molecular flexibility index (Phi) is 4.98. The minimum absolute atomic E-state index is 0.141. The Hall–Kier alpha value is -1.72. The van der Waals surface area contributed by atoms with Gasteiger partial charge in [-0.2, -0.15) is 0 Å². The lowest BCUT2D eigenvalue weighted by atomic mass is 10.0. The molecule has 0 saturated carbocycles. The average Bonchev–Trinajstić information content (AvgIpc) is 2.83. The van der Waals surface area contributed by atoms with Gasteiger partial charge in [0.1, 0.15) is 15.7 Å². The summed E-state index contributed by atoms with van der Waals surface area (Å²) in [5, 5.41) is 1.81. The molecule has 0 aliphatic carbocycles. The number of benzene rings is 1. The van der Waals surface area contributed by atoms with E-state index in [9.17, 15) is 4.79 Å². The molecule has 0 aliphatic heterocycles. The lowest BCUT2D eigenvalue weighted by molar-refractivity contribution is 0.0994. The highest BCUT2D eigenvalue weighted by molar-refractivity contribution is 8.00. The van der Waals surface area contributed by atoms with Crippen molar-refractivity contribution in [3.05, 3.63) is 51.2 Å². The van der Waals surface area contributed by atoms with Crippen molar-refractivity contribution in [3.8, 4) is 0 Å². The maximum Gasteiger partial charge on any atom is 0.175 e. The van der Waals surface area contributed by atoms with Crippen LogP contribution in [-0.2, 0) is 0 Å². The highest BCUT2D eigenvalue weighted by atomic mass is 32.2. The van der Waals surface area contributed by atoms with E-state index in [1.807, 2.05) is 39.0 Å². The van der Waals surface area contributed by atoms with Crippen molar-refractivity contribution in [2.45, 2.75) is 51.8 Å². The van der Waals surface area contributed by atoms with E-state index in [-0.39, 0.29) is 11.0 Å². The summed E-state index contributed by atoms with van der Waals surface area (Å²) in [6, 6.07) is 5.91. The van der Waals surface area contributed by atoms with Gasteiger partial charge in [0.25, 0.3) is 0 Å². The second kappa shape index (κ2) is 6.89. The van der Waals surface area contributed by atoms with Crippen molar-refractivity contribution < 1.29 is 4.79 Å². The molecule has 130 valence electrons. The fraction of sp³-hybridized carbons (Fsp3) is 0.350. The molecule has 0 unspecified atom stereocenters. The van der Waals surface area contributed by atoms with E-state index in [1.54, 1.807) is 11.3 Å². The van der Waals surface area contributed by atoms with E-state index >= 15 is 0 Å². The van der Waals surface area contributed by atoms with Crippen LogP contribution in [0, 0.1) is 34.6 Å². The molecule has 3 nitrogen and oxygen atoms in total. The number of carbonyl (C=O) groups excluding carboxylic acids is 1. The number of aryl methyl sites for hydroxylation is 5. The maximum atomic E-state index is 12.9. The number of carbonyl (C=O) groups is 1. The van der Waals surface area contributed by atoms with Gasteiger partial charge in [-0.3, -0.25) is 4.79 Å². The van der Waals surface area contributed by atoms with E-state index in [0.29, 0.717) is 0 Å². The summed E-state index contributed by atoms with van der Waals surface area (Å²) in [5.74, 6) is 0.893. The maximum absolute atomic E-state index is 12.9. The minimum Gasteiger partial charge on any atom is -0.293 e. The molecule has 0 N–H and O–H groups in total. The SMILES string of the molecule is Cc1nc(S[C@@H](C)C(=O)c2ccc(C)c(C)c2)c2c(C)c(C)sc2n1. The van der Waals surface area contributed by atoms with Crippen LogP contribution in [0.15, 0.2) is 23.2 Å². The van der Waals surface area contributed by atoms with Crippen molar-refractivity contribution in [1.82, 2.24) is 9.97 Å². The van der Waals surface area contributed by atoms with E-state index < -0.39 is 0 Å². The monoisotopic (exact) mass is 370 g/mol. The van der Waals surface area contributed by atoms with Crippen LogP contribution in [0.5, 0.6) is 0 Å². The molecule has 25 heavy (non-hydrogen) atoms. The molecule has 0 saturated heterocycles. The zero-order valence-corrected chi connectivity index (χ0v) is 17.1. The number of Topliss-reactive ketones (excluding diaryl/α,β-unsaturated/α-hetero) is 1. The van der Waals surface area contributed by atoms with Gasteiger partial charge in [-0.05, 0) is 64.3 Å². The minimum atomic E-state index is -0.195. The van der Waals surface area contributed by atoms with Crippen LogP contribution in [0.1, 0.15) is 44.7 Å². The van der Waals surface area contributed by atoms with Gasteiger partial charge in [-0.1, -0.05) is 23.9 Å². The smallest absolute Gasteiger partial charge is 0.175 e. The lowest BCUT2D eigenvalue weighted by Gasteiger charge is -2.12. The van der Waals surface area contributed by atoms with Gasteiger partial charge in [-0.15, -0.1) is 11.3 Å². The summed E-state index contributed by atoms with van der Waals surface area (Å²) in [6.45, 7) is 12.2. The molecule has 2 heterocycles. The first-order valence-corrected chi connectivity index (χ1v) is 10.00. The normalized spacial score (nSPS) is 12.6. The molecule has 1 atom stereocenters. The molecular formula is C20H22N2OS2. The summed E-state index contributed by atoms with van der Waals surface area (Å²) in [4.78, 5) is 24.3. The first-order chi connectivity index (χ1) is 11.8. The Morgan fingerprint density at radius 3 is 2.48 bits per heavy atom. The van der Waals surface area contributed by atoms with Gasteiger partial charge in [0.05, 0.1) is 5.25 Å². The zero-order chi connectivity index (χ0) is 18.3. The van der Waals surface area contributed by atoms with Crippen LogP contribution in [0.2, 0.25) is 0 Å². The van der Waals surface area contributed by atoms with Crippen LogP contribution in [0.25, 0.3) is 10.2 Å². The first kappa shape index (κ1) is 18.1. The molecule has 3 rings (SSSR count). The zero-order valence-electron chi connectivity index (χ0n) is 15.4. The van der Waals surface area contributed by atoms with Crippen molar-refractivity contribution in [1.29, 1.82) is 0 Å². The second-order valence-corrected chi connectivity index (χ2v) is 9.00. The molecule has 2 aromatic heterocycles. The highest BCUT2D eigenvalue weighted by Crippen LogP contribution is 2.37. The summed E-state index contributed by atoms with van der Waals surface area (Å²) in [5.41, 5.74) is 4.33. The van der Waals surface area contributed by atoms with Gasteiger partial charge < -0.3 is 0 Å². The molecule has 0 bridgehead atoms. The summed E-state index contributed by atoms with van der Waals surface area (Å²) >= 11 is 3.23. The predicted molar refractivity (Wildman–Crippen MR) is 107 cm³/mol. The largest absolute Gasteiger partial charge is 0.293 e. The number of hydrogen-bond acceptors (Lipinski definition) is 5. The van der Waals surface area contributed by atoms with Crippen molar-refractivity contribution >= 4 is 39.1 Å². The quantitative estimate of drug-likeness (QED) is 0.341. The third kappa shape index (κ3) is 3.48. The summed E-state index contributed by atoms with van der Waals surface area (Å²) < 4.78 is 0. The Bertz CT molecular complexity index is 975. The summed E-state index contributed by atoms with van der Waals surface area (Å²) in [7, 11) is 0. The fourth-order valence-electron chi connectivity index (χ4n) is 2.75. The molecule has 1 aromatic carbocycles. The van der Waals surface area contributed by atoms with Crippen LogP contribution in [0.3, 0.4) is 0 Å². The topological polar surface area (TPSA) is 42.9 Å². The predicted octanol–water partition coefficient (Wildman–Crippen LogP) is 5.60. The molecule has 0 fully saturated rings. The van der Waals surface area contributed by atoms with Gasteiger partial charge in [-0.25, -0.2) is 9.97 Å². The molecule has 0 spiro atoms. The molecule has 0 amide bonds. The third-order valence-corrected chi connectivity index (χ3v) is 6.74. The van der Waals surface area contributed by atoms with Crippen molar-refractivity contribution in [2.75, 3.05) is 0 Å². The lowest BCUT2D eigenvalue weighted by Crippen LogP contribution is -2.14. The third-order valence-electron chi connectivity index (χ3n) is 4.56. The van der Waals surface area contributed by atoms with E-state index in [0.717, 1.165) is 32.2 Å². The molecular weight excluding hydrogens is 348 g/mol.